The molecule has 0 bridgehead atoms. The van der Waals surface area contributed by atoms with Crippen LogP contribution in [-0.2, 0) is 14.6 Å². The molecule has 1 saturated heterocycles. The number of hydrogen-bond donors (Lipinski definition) is 0. The van der Waals surface area contributed by atoms with Crippen LogP contribution in [0.25, 0.3) is 11.1 Å². The van der Waals surface area contributed by atoms with Gasteiger partial charge in [0.15, 0.2) is 9.84 Å². The Morgan fingerprint density at radius 1 is 0.951 bits per heavy atom. The number of carbonyl (C=O) groups excluding carboxylic acids is 1. The Kier molecular flexibility index (Phi) is 9.38. The van der Waals surface area contributed by atoms with Gasteiger partial charge >= 0.3 is 6.18 Å². The third kappa shape index (κ3) is 7.85. The molecule has 4 rings (SSSR count). The number of sulfone groups is 1. The van der Waals surface area contributed by atoms with E-state index in [0.29, 0.717) is 37.3 Å². The van der Waals surface area contributed by atoms with Gasteiger partial charge in [-0.15, -0.1) is 0 Å². The van der Waals surface area contributed by atoms with Crippen LogP contribution in [0.4, 0.5) is 23.2 Å². The average Bonchev–Trinajstić information content (AvgIpc) is 2.94. The van der Waals surface area contributed by atoms with Crippen LogP contribution in [0, 0.1) is 5.82 Å². The zero-order chi connectivity index (χ0) is 29.8. The molecule has 0 aromatic heterocycles. The van der Waals surface area contributed by atoms with Crippen LogP contribution in [0.3, 0.4) is 0 Å². The number of hydrogen-bond acceptors (Lipinski definition) is 5. The quantitative estimate of drug-likeness (QED) is 0.274. The highest BCUT2D eigenvalue weighted by atomic mass is 32.2. The van der Waals surface area contributed by atoms with Gasteiger partial charge in [-0.25, -0.2) is 12.8 Å². The molecule has 0 radical (unpaired) electrons. The molecule has 6 nitrogen and oxygen atoms in total. The van der Waals surface area contributed by atoms with Crippen molar-refractivity contribution in [2.45, 2.75) is 36.4 Å². The number of nitrogens with zero attached hydrogens (tertiary/aromatic N) is 2. The van der Waals surface area contributed by atoms with Gasteiger partial charge in [0.25, 0.3) is 5.91 Å². The summed E-state index contributed by atoms with van der Waals surface area (Å²) in [5.74, 6) is -0.732. The second kappa shape index (κ2) is 12.6. The number of halogens is 4. The van der Waals surface area contributed by atoms with E-state index < -0.39 is 34.4 Å². The van der Waals surface area contributed by atoms with Gasteiger partial charge in [0.1, 0.15) is 5.82 Å². The fraction of sp³-hybridized carbons (Fsp3) is 0.367. The lowest BCUT2D eigenvalue weighted by molar-refractivity contribution is -0.136. The second-order valence-corrected chi connectivity index (χ2v) is 12.1. The van der Waals surface area contributed by atoms with Crippen LogP contribution in [0.5, 0.6) is 0 Å². The molecule has 1 amide bonds. The summed E-state index contributed by atoms with van der Waals surface area (Å²) in [5.41, 5.74) is 3.06. The van der Waals surface area contributed by atoms with Crippen molar-refractivity contribution in [3.8, 4) is 11.1 Å². The molecule has 3 aromatic carbocycles. The third-order valence-corrected chi connectivity index (χ3v) is 8.32. The average molecular weight is 593 g/mol. The van der Waals surface area contributed by atoms with Crippen molar-refractivity contribution in [3.63, 3.8) is 0 Å². The molecule has 3 aromatic rings. The first kappa shape index (κ1) is 30.5. The molecule has 220 valence electrons. The number of alkyl halides is 3. The topological polar surface area (TPSA) is 66.9 Å². The van der Waals surface area contributed by atoms with E-state index in [9.17, 15) is 30.8 Å². The molecule has 1 unspecified atom stereocenters. The number of methoxy groups -OCH3 is 1. The van der Waals surface area contributed by atoms with Gasteiger partial charge in [-0.2, -0.15) is 13.2 Å². The number of piperazine rings is 1. The second-order valence-electron chi connectivity index (χ2n) is 10.1. The minimum atomic E-state index is -4.19. The van der Waals surface area contributed by atoms with Gasteiger partial charge < -0.3 is 14.5 Å². The van der Waals surface area contributed by atoms with Crippen LogP contribution in [0.2, 0.25) is 0 Å². The molecule has 0 saturated carbocycles. The Morgan fingerprint density at radius 2 is 1.59 bits per heavy atom. The Balaban J connectivity index is 1.45. The number of ether oxygens (including phenoxy) is 1. The van der Waals surface area contributed by atoms with Gasteiger partial charge in [-0.3, -0.25) is 4.79 Å². The standard InChI is InChI=1S/C30H32F4N2O4S/c1-40-28(4-3-15-30(32,33)34)22-7-11-24(12-8-22)35-16-18-36(19-17-35)29(37)27-20-25(41(2,38)39)13-14-26(27)21-5-9-23(31)10-6-21/h5-14,20,28H,3-4,15-19H2,1-2H3. The fourth-order valence-electron chi connectivity index (χ4n) is 4.96. The molecule has 11 heteroatoms. The zero-order valence-corrected chi connectivity index (χ0v) is 23.6. The molecule has 1 fully saturated rings. The number of benzene rings is 3. The van der Waals surface area contributed by atoms with E-state index in [1.165, 1.54) is 31.4 Å². The van der Waals surface area contributed by atoms with Gasteiger partial charge in [0, 0.05) is 57.2 Å². The van der Waals surface area contributed by atoms with Crippen molar-refractivity contribution >= 4 is 21.4 Å². The number of carbonyl (C=O) groups is 1. The molecule has 0 spiro atoms. The van der Waals surface area contributed by atoms with Gasteiger partial charge in [0.2, 0.25) is 0 Å². The summed E-state index contributed by atoms with van der Waals surface area (Å²) in [5, 5.41) is 0. The van der Waals surface area contributed by atoms with Crippen LogP contribution in [0.15, 0.2) is 71.6 Å². The molecular formula is C30H32F4N2O4S. The first-order valence-electron chi connectivity index (χ1n) is 13.2. The normalized spacial score (nSPS) is 15.2. The number of amides is 1. The minimum Gasteiger partial charge on any atom is -0.377 e. The monoisotopic (exact) mass is 592 g/mol. The highest BCUT2D eigenvalue weighted by Crippen LogP contribution is 2.31. The summed E-state index contributed by atoms with van der Waals surface area (Å²) in [4.78, 5) is 17.4. The van der Waals surface area contributed by atoms with Gasteiger partial charge in [-0.1, -0.05) is 30.3 Å². The van der Waals surface area contributed by atoms with E-state index in [4.69, 9.17) is 4.74 Å². The van der Waals surface area contributed by atoms with E-state index in [0.717, 1.165) is 17.5 Å². The number of anilines is 1. The minimum absolute atomic E-state index is 0.0181. The highest BCUT2D eigenvalue weighted by Gasteiger charge is 2.28. The van der Waals surface area contributed by atoms with Gasteiger partial charge in [0.05, 0.1) is 11.0 Å². The smallest absolute Gasteiger partial charge is 0.377 e. The Bertz CT molecular complexity index is 1450. The zero-order valence-electron chi connectivity index (χ0n) is 22.8. The van der Waals surface area contributed by atoms with Crippen molar-refractivity contribution in [2.24, 2.45) is 0 Å². The van der Waals surface area contributed by atoms with Crippen LogP contribution in [0.1, 0.15) is 41.3 Å². The number of rotatable bonds is 9. The van der Waals surface area contributed by atoms with E-state index in [-0.39, 0.29) is 29.2 Å². The maximum Gasteiger partial charge on any atom is 0.389 e. The van der Waals surface area contributed by atoms with Crippen molar-refractivity contribution in [1.82, 2.24) is 4.90 Å². The molecular weight excluding hydrogens is 560 g/mol. The largest absolute Gasteiger partial charge is 0.389 e. The van der Waals surface area contributed by atoms with E-state index in [2.05, 4.69) is 4.90 Å². The van der Waals surface area contributed by atoms with E-state index >= 15 is 0 Å². The van der Waals surface area contributed by atoms with Crippen molar-refractivity contribution < 1.29 is 35.5 Å². The lowest BCUT2D eigenvalue weighted by Gasteiger charge is -2.36. The van der Waals surface area contributed by atoms with Crippen molar-refractivity contribution in [1.29, 1.82) is 0 Å². The third-order valence-electron chi connectivity index (χ3n) is 7.21. The lowest BCUT2D eigenvalue weighted by atomic mass is 9.98. The SMILES string of the molecule is COC(CCCC(F)(F)F)c1ccc(N2CCN(C(=O)c3cc(S(C)(=O)=O)ccc3-c3ccc(F)cc3)CC2)cc1. The molecule has 1 aliphatic heterocycles. The maximum absolute atomic E-state index is 13.6. The van der Waals surface area contributed by atoms with Gasteiger partial charge in [-0.05, 0) is 65.9 Å². The summed E-state index contributed by atoms with van der Waals surface area (Å²) in [7, 11) is -2.08. The summed E-state index contributed by atoms with van der Waals surface area (Å²) >= 11 is 0. The predicted octanol–water partition coefficient (Wildman–Crippen LogP) is 6.28. The van der Waals surface area contributed by atoms with E-state index in [1.54, 1.807) is 23.1 Å². The summed E-state index contributed by atoms with van der Waals surface area (Å²) in [6, 6.07) is 17.5. The van der Waals surface area contributed by atoms with Crippen LogP contribution in [-0.4, -0.2) is 64.9 Å². The van der Waals surface area contributed by atoms with Crippen molar-refractivity contribution in [2.75, 3.05) is 44.4 Å². The molecule has 1 heterocycles. The maximum atomic E-state index is 13.6. The lowest BCUT2D eigenvalue weighted by Crippen LogP contribution is -2.49. The first-order chi connectivity index (χ1) is 19.4. The fourth-order valence-corrected chi connectivity index (χ4v) is 5.61. The molecule has 1 atom stereocenters. The van der Waals surface area contributed by atoms with Crippen molar-refractivity contribution in [3.05, 3.63) is 83.7 Å². The summed E-state index contributed by atoms with van der Waals surface area (Å²) < 4.78 is 80.9. The van der Waals surface area contributed by atoms with Crippen LogP contribution < -0.4 is 4.90 Å². The Hall–Kier alpha value is -3.44. The molecule has 0 aliphatic carbocycles. The van der Waals surface area contributed by atoms with E-state index in [1.807, 2.05) is 24.3 Å². The Morgan fingerprint density at radius 3 is 2.15 bits per heavy atom. The Labute approximate surface area is 237 Å². The first-order valence-corrected chi connectivity index (χ1v) is 15.1. The predicted molar refractivity (Wildman–Crippen MR) is 149 cm³/mol. The summed E-state index contributed by atoms with van der Waals surface area (Å²) in [6.45, 7) is 1.85. The van der Waals surface area contributed by atoms with Crippen LogP contribution >= 0.6 is 0 Å². The molecule has 1 aliphatic rings. The molecule has 0 N–H and O–H groups in total. The molecule has 41 heavy (non-hydrogen) atoms. The summed E-state index contributed by atoms with van der Waals surface area (Å²) in [6.07, 6.45) is -4.15. The highest BCUT2D eigenvalue weighted by molar-refractivity contribution is 7.90.